The number of nitrogens with one attached hydrogen (secondary N) is 1. The van der Waals surface area contributed by atoms with Crippen LogP contribution in [0.3, 0.4) is 0 Å². The van der Waals surface area contributed by atoms with Gasteiger partial charge in [-0.3, -0.25) is 4.79 Å². The fourth-order valence-corrected chi connectivity index (χ4v) is 2.86. The van der Waals surface area contributed by atoms with E-state index in [9.17, 15) is 9.59 Å². The molecule has 0 saturated heterocycles. The van der Waals surface area contributed by atoms with Gasteiger partial charge in [0.15, 0.2) is 6.10 Å². The summed E-state index contributed by atoms with van der Waals surface area (Å²) in [6.45, 7) is 1.54. The molecular formula is C19H17ClN2O3. The highest BCUT2D eigenvalue weighted by atomic mass is 35.5. The molecule has 128 valence electrons. The monoisotopic (exact) mass is 356 g/mol. The van der Waals surface area contributed by atoms with E-state index in [4.69, 9.17) is 16.3 Å². The summed E-state index contributed by atoms with van der Waals surface area (Å²) in [5.74, 6) is -0.990. The number of halogens is 1. The number of hydrogen-bond acceptors (Lipinski definition) is 3. The Labute approximate surface area is 150 Å². The first-order valence-corrected chi connectivity index (χ1v) is 8.16. The molecule has 3 aromatic rings. The summed E-state index contributed by atoms with van der Waals surface area (Å²) in [7, 11) is 1.64. The van der Waals surface area contributed by atoms with Crippen molar-refractivity contribution >= 4 is 40.1 Å². The number of benzene rings is 2. The van der Waals surface area contributed by atoms with Gasteiger partial charge in [-0.2, -0.15) is 0 Å². The van der Waals surface area contributed by atoms with Gasteiger partial charge in [-0.25, -0.2) is 4.79 Å². The van der Waals surface area contributed by atoms with Crippen molar-refractivity contribution in [2.45, 2.75) is 13.0 Å². The zero-order chi connectivity index (χ0) is 18.0. The van der Waals surface area contributed by atoms with Crippen molar-refractivity contribution < 1.29 is 14.3 Å². The van der Waals surface area contributed by atoms with Gasteiger partial charge in [0.25, 0.3) is 5.91 Å². The number of likely N-dealkylation sites (N-methyl/N-ethyl adjacent to an activating group) is 1. The van der Waals surface area contributed by atoms with Crippen molar-refractivity contribution in [3.63, 3.8) is 0 Å². The number of para-hydroxylation sites is 2. The van der Waals surface area contributed by atoms with Crippen LogP contribution in [0.4, 0.5) is 5.69 Å². The number of aromatic amines is 1. The van der Waals surface area contributed by atoms with Crippen molar-refractivity contribution in [3.8, 4) is 0 Å². The van der Waals surface area contributed by atoms with Crippen LogP contribution in [0.1, 0.15) is 17.4 Å². The molecule has 0 spiro atoms. The zero-order valence-corrected chi connectivity index (χ0v) is 14.6. The predicted octanol–water partition coefficient (Wildman–Crippen LogP) is 4.03. The lowest BCUT2D eigenvalue weighted by Crippen LogP contribution is -2.37. The normalized spacial score (nSPS) is 12.0. The number of H-pyrrole nitrogens is 1. The van der Waals surface area contributed by atoms with Gasteiger partial charge in [0.1, 0.15) is 5.69 Å². The second kappa shape index (κ2) is 6.99. The van der Waals surface area contributed by atoms with Gasteiger partial charge in [-0.15, -0.1) is 0 Å². The smallest absolute Gasteiger partial charge is 0.357 e. The number of rotatable bonds is 4. The minimum absolute atomic E-state index is 0.143. The van der Waals surface area contributed by atoms with E-state index in [1.54, 1.807) is 19.2 Å². The predicted molar refractivity (Wildman–Crippen MR) is 98.0 cm³/mol. The number of amides is 1. The Kier molecular flexibility index (Phi) is 4.76. The van der Waals surface area contributed by atoms with E-state index in [1.165, 1.54) is 11.8 Å². The van der Waals surface area contributed by atoms with E-state index in [2.05, 4.69) is 4.98 Å². The van der Waals surface area contributed by atoms with Crippen LogP contribution in [0.25, 0.3) is 10.9 Å². The number of esters is 1. The van der Waals surface area contributed by atoms with Gasteiger partial charge in [0.2, 0.25) is 0 Å². The number of carbonyl (C=O) groups excluding carboxylic acids is 2. The minimum Gasteiger partial charge on any atom is -0.448 e. The molecule has 0 aliphatic rings. The third kappa shape index (κ3) is 3.37. The second-order valence-electron chi connectivity index (χ2n) is 5.64. The average Bonchev–Trinajstić information content (AvgIpc) is 2.98. The van der Waals surface area contributed by atoms with Gasteiger partial charge < -0.3 is 14.6 Å². The van der Waals surface area contributed by atoms with Crippen LogP contribution in [-0.2, 0) is 9.53 Å². The van der Waals surface area contributed by atoms with Crippen LogP contribution in [0, 0.1) is 0 Å². The Morgan fingerprint density at radius 1 is 1.08 bits per heavy atom. The third-order valence-corrected chi connectivity index (χ3v) is 4.35. The first kappa shape index (κ1) is 17.0. The Morgan fingerprint density at radius 3 is 2.40 bits per heavy atom. The molecule has 0 bridgehead atoms. The summed E-state index contributed by atoms with van der Waals surface area (Å²) in [5.41, 5.74) is 1.60. The highest BCUT2D eigenvalue weighted by molar-refractivity contribution is 6.38. The topological polar surface area (TPSA) is 62.4 Å². The van der Waals surface area contributed by atoms with E-state index >= 15 is 0 Å². The van der Waals surface area contributed by atoms with E-state index < -0.39 is 12.1 Å². The highest BCUT2D eigenvalue weighted by Crippen LogP contribution is 2.28. The molecule has 0 aliphatic heterocycles. The lowest BCUT2D eigenvalue weighted by Gasteiger charge is -2.21. The van der Waals surface area contributed by atoms with Gasteiger partial charge in [-0.1, -0.05) is 48.0 Å². The second-order valence-corrected chi connectivity index (χ2v) is 6.02. The first-order valence-electron chi connectivity index (χ1n) is 7.79. The molecule has 0 fully saturated rings. The Bertz CT molecular complexity index is 921. The van der Waals surface area contributed by atoms with Crippen LogP contribution in [0.2, 0.25) is 5.02 Å². The summed E-state index contributed by atoms with van der Waals surface area (Å²) in [6, 6.07) is 16.4. The highest BCUT2D eigenvalue weighted by Gasteiger charge is 2.25. The number of anilines is 1. The molecule has 3 rings (SSSR count). The molecule has 2 aromatic carbocycles. The van der Waals surface area contributed by atoms with Crippen molar-refractivity contribution in [3.05, 3.63) is 65.3 Å². The van der Waals surface area contributed by atoms with Crippen molar-refractivity contribution in [2.24, 2.45) is 0 Å². The standard InChI is InChI=1S/C19H17ClN2O3/c1-12(18(23)22(2)13-8-4-3-5-9-13)25-19(24)17-16(20)14-10-6-7-11-15(14)21-17/h3-12,21H,1-2H3/t12-/m1/s1. The van der Waals surface area contributed by atoms with E-state index in [1.807, 2.05) is 42.5 Å². The Morgan fingerprint density at radius 2 is 1.72 bits per heavy atom. The summed E-state index contributed by atoms with van der Waals surface area (Å²) < 4.78 is 5.31. The summed E-state index contributed by atoms with van der Waals surface area (Å²) >= 11 is 6.25. The largest absolute Gasteiger partial charge is 0.448 e. The van der Waals surface area contributed by atoms with Gasteiger partial charge in [0, 0.05) is 23.6 Å². The maximum atomic E-state index is 12.5. The zero-order valence-electron chi connectivity index (χ0n) is 13.8. The Balaban J connectivity index is 1.75. The SMILES string of the molecule is C[C@@H](OC(=O)c1[nH]c2ccccc2c1Cl)C(=O)N(C)c1ccccc1. The summed E-state index contributed by atoms with van der Waals surface area (Å²) in [6.07, 6.45) is -0.944. The van der Waals surface area contributed by atoms with Gasteiger partial charge in [0.05, 0.1) is 5.02 Å². The molecule has 1 aromatic heterocycles. The fourth-order valence-electron chi connectivity index (χ4n) is 2.57. The molecule has 1 N–H and O–H groups in total. The third-order valence-electron chi connectivity index (χ3n) is 3.95. The van der Waals surface area contributed by atoms with Crippen LogP contribution in [0.15, 0.2) is 54.6 Å². The molecule has 0 saturated carbocycles. The molecule has 0 aliphatic carbocycles. The number of aromatic nitrogens is 1. The molecule has 1 atom stereocenters. The molecule has 1 amide bonds. The van der Waals surface area contributed by atoms with Crippen molar-refractivity contribution in [1.82, 2.24) is 4.98 Å². The summed E-state index contributed by atoms with van der Waals surface area (Å²) in [4.78, 5) is 29.3. The van der Waals surface area contributed by atoms with Crippen LogP contribution >= 0.6 is 11.6 Å². The molecule has 0 unspecified atom stereocenters. The lowest BCUT2D eigenvalue weighted by atomic mass is 10.2. The van der Waals surface area contributed by atoms with Crippen LogP contribution < -0.4 is 4.90 Å². The molecule has 0 radical (unpaired) electrons. The number of fused-ring (bicyclic) bond motifs is 1. The van der Waals surface area contributed by atoms with E-state index in [-0.39, 0.29) is 16.6 Å². The summed E-state index contributed by atoms with van der Waals surface area (Å²) in [5, 5.41) is 1.02. The Hall–Kier alpha value is -2.79. The van der Waals surface area contributed by atoms with E-state index in [0.717, 1.165) is 16.6 Å². The van der Waals surface area contributed by atoms with Gasteiger partial charge in [-0.05, 0) is 25.1 Å². The molecule has 5 nitrogen and oxygen atoms in total. The quantitative estimate of drug-likeness (QED) is 0.718. The first-order chi connectivity index (χ1) is 12.0. The number of carbonyl (C=O) groups is 2. The maximum Gasteiger partial charge on any atom is 0.357 e. The van der Waals surface area contributed by atoms with E-state index in [0.29, 0.717) is 0 Å². The van der Waals surface area contributed by atoms with Crippen molar-refractivity contribution in [1.29, 1.82) is 0 Å². The fraction of sp³-hybridized carbons (Fsp3) is 0.158. The molecule has 6 heteroatoms. The molecule has 25 heavy (non-hydrogen) atoms. The van der Waals surface area contributed by atoms with Crippen molar-refractivity contribution in [2.75, 3.05) is 11.9 Å². The van der Waals surface area contributed by atoms with Crippen LogP contribution in [-0.4, -0.2) is 30.0 Å². The molecule has 1 heterocycles. The maximum absolute atomic E-state index is 12.5. The number of ether oxygens (including phenoxy) is 1. The minimum atomic E-state index is -0.944. The van der Waals surface area contributed by atoms with Gasteiger partial charge >= 0.3 is 5.97 Å². The lowest BCUT2D eigenvalue weighted by molar-refractivity contribution is -0.126. The number of nitrogens with zero attached hydrogens (tertiary/aromatic N) is 1. The van der Waals surface area contributed by atoms with Crippen LogP contribution in [0.5, 0.6) is 0 Å². The number of hydrogen-bond donors (Lipinski definition) is 1. The average molecular weight is 357 g/mol. The molecular weight excluding hydrogens is 340 g/mol.